The number of benzene rings is 1. The highest BCUT2D eigenvalue weighted by atomic mass is 32.2. The van der Waals surface area contributed by atoms with Crippen LogP contribution in [0.1, 0.15) is 12.8 Å². The van der Waals surface area contributed by atoms with E-state index < -0.39 is 10.0 Å². The van der Waals surface area contributed by atoms with Gasteiger partial charge < -0.3 is 9.53 Å². The third-order valence-corrected chi connectivity index (χ3v) is 6.44. The number of hydrogen-bond acceptors (Lipinski definition) is 5. The monoisotopic (exact) mass is 329 g/mol. The minimum atomic E-state index is -3.47. The van der Waals surface area contributed by atoms with Gasteiger partial charge in [-0.15, -0.1) is 0 Å². The van der Waals surface area contributed by atoms with E-state index in [1.165, 1.54) is 11.8 Å². The Morgan fingerprint density at radius 1 is 1.38 bits per heavy atom. The SMILES string of the molecule is COc1ccc(S(=O)(=O)N2CCCC2CSCC=O)cc1. The summed E-state index contributed by atoms with van der Waals surface area (Å²) in [6.07, 6.45) is 2.56. The third-order valence-electron chi connectivity index (χ3n) is 3.49. The van der Waals surface area contributed by atoms with Crippen LogP contribution in [0.3, 0.4) is 0 Å². The normalized spacial score (nSPS) is 19.6. The fourth-order valence-corrected chi connectivity index (χ4v) is 5.07. The molecule has 0 bridgehead atoms. The lowest BCUT2D eigenvalue weighted by atomic mass is 10.3. The van der Waals surface area contributed by atoms with Gasteiger partial charge in [0.05, 0.1) is 12.0 Å². The molecule has 1 fully saturated rings. The van der Waals surface area contributed by atoms with Crippen molar-refractivity contribution in [1.82, 2.24) is 4.31 Å². The smallest absolute Gasteiger partial charge is 0.243 e. The van der Waals surface area contributed by atoms with E-state index in [4.69, 9.17) is 4.74 Å². The van der Waals surface area contributed by atoms with Gasteiger partial charge in [0.25, 0.3) is 0 Å². The molecule has 1 aromatic carbocycles. The van der Waals surface area contributed by atoms with Crippen molar-refractivity contribution in [2.75, 3.05) is 25.2 Å². The number of methoxy groups -OCH3 is 1. The summed E-state index contributed by atoms with van der Waals surface area (Å²) in [5.74, 6) is 1.70. The first-order valence-electron chi connectivity index (χ1n) is 6.77. The van der Waals surface area contributed by atoms with Crippen LogP contribution in [0.25, 0.3) is 0 Å². The number of carbonyl (C=O) groups is 1. The van der Waals surface area contributed by atoms with Crippen molar-refractivity contribution < 1.29 is 17.9 Å². The maximum Gasteiger partial charge on any atom is 0.243 e. The molecule has 0 saturated carbocycles. The minimum absolute atomic E-state index is 0.0259. The molecule has 2 rings (SSSR count). The van der Waals surface area contributed by atoms with Crippen LogP contribution >= 0.6 is 11.8 Å². The molecule has 1 aromatic rings. The predicted octanol–water partition coefficient (Wildman–Crippen LogP) is 1.78. The second-order valence-electron chi connectivity index (χ2n) is 4.79. The molecular weight excluding hydrogens is 310 g/mol. The zero-order valence-electron chi connectivity index (χ0n) is 11.9. The van der Waals surface area contributed by atoms with Crippen LogP contribution in [0.4, 0.5) is 0 Å². The van der Waals surface area contributed by atoms with Gasteiger partial charge in [0, 0.05) is 24.1 Å². The molecular formula is C14H19NO4S2. The molecule has 1 aliphatic rings. The molecule has 21 heavy (non-hydrogen) atoms. The summed E-state index contributed by atoms with van der Waals surface area (Å²) < 4.78 is 32.0. The molecule has 0 N–H and O–H groups in total. The predicted molar refractivity (Wildman–Crippen MR) is 83.3 cm³/mol. The maximum atomic E-state index is 12.7. The summed E-state index contributed by atoms with van der Waals surface area (Å²) in [7, 11) is -1.93. The molecule has 1 atom stereocenters. The van der Waals surface area contributed by atoms with Gasteiger partial charge in [-0.25, -0.2) is 8.42 Å². The Hall–Kier alpha value is -1.05. The molecule has 0 aliphatic carbocycles. The van der Waals surface area contributed by atoms with E-state index in [2.05, 4.69) is 0 Å². The molecule has 1 aliphatic heterocycles. The molecule has 116 valence electrons. The lowest BCUT2D eigenvalue weighted by molar-refractivity contribution is -0.105. The molecule has 0 aromatic heterocycles. The Bertz CT molecular complexity index is 571. The van der Waals surface area contributed by atoms with Crippen LogP contribution in [-0.2, 0) is 14.8 Å². The Labute approximate surface area is 129 Å². The summed E-state index contributed by atoms with van der Waals surface area (Å²) in [6.45, 7) is 0.542. The van der Waals surface area contributed by atoms with E-state index >= 15 is 0 Å². The van der Waals surface area contributed by atoms with Crippen molar-refractivity contribution in [2.45, 2.75) is 23.8 Å². The fraction of sp³-hybridized carbons (Fsp3) is 0.500. The Morgan fingerprint density at radius 2 is 2.10 bits per heavy atom. The molecule has 1 heterocycles. The van der Waals surface area contributed by atoms with Gasteiger partial charge in [-0.2, -0.15) is 16.1 Å². The number of hydrogen-bond donors (Lipinski definition) is 0. The lowest BCUT2D eigenvalue weighted by Crippen LogP contribution is -2.37. The van der Waals surface area contributed by atoms with Gasteiger partial charge >= 0.3 is 0 Å². The largest absolute Gasteiger partial charge is 0.497 e. The quantitative estimate of drug-likeness (QED) is 0.564. The number of rotatable bonds is 7. The van der Waals surface area contributed by atoms with Crippen LogP contribution in [0.15, 0.2) is 29.2 Å². The van der Waals surface area contributed by atoms with Gasteiger partial charge in [0.15, 0.2) is 0 Å². The van der Waals surface area contributed by atoms with Crippen LogP contribution in [0.2, 0.25) is 0 Å². The van der Waals surface area contributed by atoms with Crippen LogP contribution in [0.5, 0.6) is 5.75 Å². The summed E-state index contributed by atoms with van der Waals surface area (Å²) in [5.41, 5.74) is 0. The molecule has 7 heteroatoms. The highest BCUT2D eigenvalue weighted by molar-refractivity contribution is 7.99. The molecule has 1 unspecified atom stereocenters. The first kappa shape index (κ1) is 16.3. The van der Waals surface area contributed by atoms with E-state index in [1.807, 2.05) is 0 Å². The number of nitrogens with zero attached hydrogens (tertiary/aromatic N) is 1. The summed E-state index contributed by atoms with van der Waals surface area (Å²) in [6, 6.07) is 6.42. The second-order valence-corrected chi connectivity index (χ2v) is 7.76. The van der Waals surface area contributed by atoms with Crippen molar-refractivity contribution in [2.24, 2.45) is 0 Å². The fourth-order valence-electron chi connectivity index (χ4n) is 2.43. The van der Waals surface area contributed by atoms with Crippen molar-refractivity contribution >= 4 is 28.1 Å². The van der Waals surface area contributed by atoms with Gasteiger partial charge in [0.2, 0.25) is 10.0 Å². The second kappa shape index (κ2) is 7.29. The van der Waals surface area contributed by atoms with Gasteiger partial charge in [-0.05, 0) is 37.1 Å². The average molecular weight is 329 g/mol. The van der Waals surface area contributed by atoms with Crippen molar-refractivity contribution in [3.63, 3.8) is 0 Å². The number of thioether (sulfide) groups is 1. The minimum Gasteiger partial charge on any atom is -0.497 e. The van der Waals surface area contributed by atoms with E-state index in [0.717, 1.165) is 19.1 Å². The van der Waals surface area contributed by atoms with E-state index in [1.54, 1.807) is 35.7 Å². The highest BCUT2D eigenvalue weighted by Crippen LogP contribution is 2.28. The zero-order valence-corrected chi connectivity index (χ0v) is 13.5. The van der Waals surface area contributed by atoms with Gasteiger partial charge in [-0.3, -0.25) is 0 Å². The zero-order chi connectivity index (χ0) is 15.3. The topological polar surface area (TPSA) is 63.7 Å². The van der Waals surface area contributed by atoms with Gasteiger partial charge in [0.1, 0.15) is 12.0 Å². The van der Waals surface area contributed by atoms with E-state index in [0.29, 0.717) is 23.8 Å². The summed E-state index contributed by atoms with van der Waals surface area (Å²) in [4.78, 5) is 10.7. The van der Waals surface area contributed by atoms with Crippen LogP contribution in [-0.4, -0.2) is 50.2 Å². The highest BCUT2D eigenvalue weighted by Gasteiger charge is 2.34. The average Bonchev–Trinajstić information content (AvgIpc) is 2.97. The first-order chi connectivity index (χ1) is 10.1. The number of sulfonamides is 1. The van der Waals surface area contributed by atoms with Crippen molar-refractivity contribution in [3.05, 3.63) is 24.3 Å². The Morgan fingerprint density at radius 3 is 2.71 bits per heavy atom. The number of carbonyl (C=O) groups excluding carboxylic acids is 1. The molecule has 0 amide bonds. The molecule has 0 radical (unpaired) electrons. The Balaban J connectivity index is 2.14. The number of aldehydes is 1. The van der Waals surface area contributed by atoms with E-state index in [-0.39, 0.29) is 10.9 Å². The third kappa shape index (κ3) is 3.78. The summed E-state index contributed by atoms with van der Waals surface area (Å²) in [5, 5.41) is 0. The van der Waals surface area contributed by atoms with Crippen LogP contribution in [0, 0.1) is 0 Å². The lowest BCUT2D eigenvalue weighted by Gasteiger charge is -2.23. The molecule has 0 spiro atoms. The first-order valence-corrected chi connectivity index (χ1v) is 9.36. The van der Waals surface area contributed by atoms with E-state index in [9.17, 15) is 13.2 Å². The van der Waals surface area contributed by atoms with Crippen molar-refractivity contribution in [3.8, 4) is 5.75 Å². The molecule has 1 saturated heterocycles. The maximum absolute atomic E-state index is 12.7. The van der Waals surface area contributed by atoms with Crippen molar-refractivity contribution in [1.29, 1.82) is 0 Å². The summed E-state index contributed by atoms with van der Waals surface area (Å²) >= 11 is 1.48. The Kier molecular flexibility index (Phi) is 5.66. The van der Waals surface area contributed by atoms with Gasteiger partial charge in [-0.1, -0.05) is 0 Å². The standard InChI is InChI=1S/C14H19NO4S2/c1-19-13-4-6-14(7-5-13)21(17,18)15-8-2-3-12(15)11-20-10-9-16/h4-7,9,12H,2-3,8,10-11H2,1H3. The van der Waals surface area contributed by atoms with Crippen LogP contribution < -0.4 is 4.74 Å². The number of ether oxygens (including phenoxy) is 1. The molecule has 5 nitrogen and oxygen atoms in total.